The summed E-state index contributed by atoms with van der Waals surface area (Å²) in [4.78, 5) is 12.8. The van der Waals surface area contributed by atoms with Crippen LogP contribution in [0.2, 0.25) is 0 Å². The third-order valence-corrected chi connectivity index (χ3v) is 5.51. The van der Waals surface area contributed by atoms with Crippen LogP contribution in [0.4, 0.5) is 0 Å². The van der Waals surface area contributed by atoms with Gasteiger partial charge in [-0.15, -0.1) is 0 Å². The Morgan fingerprint density at radius 2 is 1.86 bits per heavy atom. The van der Waals surface area contributed by atoms with E-state index in [2.05, 4.69) is 36.4 Å². The van der Waals surface area contributed by atoms with Crippen molar-refractivity contribution in [3.8, 4) is 5.75 Å². The van der Waals surface area contributed by atoms with Gasteiger partial charge in [-0.25, -0.2) is 0 Å². The number of ketones is 1. The highest BCUT2D eigenvalue weighted by Gasteiger charge is 2.54. The van der Waals surface area contributed by atoms with Gasteiger partial charge in [0.25, 0.3) is 0 Å². The third kappa shape index (κ3) is 1.76. The fraction of sp³-hybridized carbons (Fsp3) is 0.350. The molecule has 0 aliphatic heterocycles. The minimum Gasteiger partial charge on any atom is -0.497 e. The Labute approximate surface area is 131 Å². The molecule has 4 rings (SSSR count). The summed E-state index contributed by atoms with van der Waals surface area (Å²) in [5.74, 6) is 1.56. The lowest BCUT2D eigenvalue weighted by Gasteiger charge is -2.31. The molecule has 2 aromatic rings. The molecule has 2 aliphatic rings. The average Bonchev–Trinajstić information content (AvgIpc) is 3.11. The quantitative estimate of drug-likeness (QED) is 0.835. The Bertz CT molecular complexity index is 717. The normalized spacial score (nSPS) is 26.4. The zero-order chi connectivity index (χ0) is 15.2. The van der Waals surface area contributed by atoms with Gasteiger partial charge < -0.3 is 4.74 Å². The van der Waals surface area contributed by atoms with Crippen molar-refractivity contribution in [2.45, 2.75) is 37.0 Å². The lowest BCUT2D eigenvalue weighted by atomic mass is 9.70. The molecule has 2 aliphatic carbocycles. The molecule has 2 nitrogen and oxygen atoms in total. The van der Waals surface area contributed by atoms with Crippen molar-refractivity contribution in [1.82, 2.24) is 0 Å². The number of ether oxygens (including phenoxy) is 1. The lowest BCUT2D eigenvalue weighted by Crippen LogP contribution is -2.34. The zero-order valence-electron chi connectivity index (χ0n) is 12.8. The second kappa shape index (κ2) is 4.98. The molecule has 1 fully saturated rings. The van der Waals surface area contributed by atoms with Crippen molar-refractivity contribution < 1.29 is 9.53 Å². The summed E-state index contributed by atoms with van der Waals surface area (Å²) in [6, 6.07) is 16.8. The fourth-order valence-electron chi connectivity index (χ4n) is 4.50. The highest BCUT2D eigenvalue weighted by Crippen LogP contribution is 2.55. The number of fused-ring (bicyclic) bond motifs is 2. The molecule has 112 valence electrons. The Morgan fingerprint density at radius 3 is 2.55 bits per heavy atom. The molecule has 2 atom stereocenters. The molecule has 0 bridgehead atoms. The van der Waals surface area contributed by atoms with E-state index >= 15 is 0 Å². The first-order valence-electron chi connectivity index (χ1n) is 8.01. The molecule has 2 heteroatoms. The summed E-state index contributed by atoms with van der Waals surface area (Å²) in [6.07, 6.45) is 3.69. The predicted octanol–water partition coefficient (Wildman–Crippen LogP) is 4.03. The van der Waals surface area contributed by atoms with E-state index in [0.29, 0.717) is 5.78 Å². The molecule has 0 N–H and O–H groups in total. The number of Topliss-reactive ketones (excluding diaryl/α,β-unsaturated/α-hetero) is 1. The number of benzene rings is 2. The molecule has 0 heterocycles. The molecule has 0 radical (unpaired) electrons. The van der Waals surface area contributed by atoms with Gasteiger partial charge >= 0.3 is 0 Å². The molecule has 22 heavy (non-hydrogen) atoms. The predicted molar refractivity (Wildman–Crippen MR) is 86.4 cm³/mol. The smallest absolute Gasteiger partial charge is 0.144 e. The number of hydrogen-bond donors (Lipinski definition) is 0. The summed E-state index contributed by atoms with van der Waals surface area (Å²) in [7, 11) is 1.68. The van der Waals surface area contributed by atoms with Gasteiger partial charge in [0.2, 0.25) is 0 Å². The first-order valence-corrected chi connectivity index (χ1v) is 8.01. The van der Waals surface area contributed by atoms with Gasteiger partial charge in [-0.3, -0.25) is 4.79 Å². The van der Waals surface area contributed by atoms with Gasteiger partial charge in [-0.2, -0.15) is 0 Å². The summed E-state index contributed by atoms with van der Waals surface area (Å²) in [6.45, 7) is 0. The van der Waals surface area contributed by atoms with Crippen LogP contribution in [0, 0.1) is 0 Å². The minimum absolute atomic E-state index is 0.269. The number of methoxy groups -OCH3 is 1. The number of rotatable bonds is 2. The van der Waals surface area contributed by atoms with Crippen LogP contribution in [-0.4, -0.2) is 12.9 Å². The standard InChI is InChI=1S/C20H20O2/c1-22-16-10-8-14(9-11-16)18-13-15-5-2-3-6-17(15)20(18)12-4-7-19(20)21/h2-3,5-6,8-11,18H,4,7,12-13H2,1H3/t18-,20-/m0/s1. The van der Waals surface area contributed by atoms with Crippen LogP contribution >= 0.6 is 0 Å². The van der Waals surface area contributed by atoms with Gasteiger partial charge in [0.05, 0.1) is 12.5 Å². The molecule has 0 unspecified atom stereocenters. The van der Waals surface area contributed by atoms with Crippen LogP contribution < -0.4 is 4.74 Å². The first kappa shape index (κ1) is 13.6. The van der Waals surface area contributed by atoms with Gasteiger partial charge in [0.1, 0.15) is 11.5 Å². The maximum Gasteiger partial charge on any atom is 0.144 e. The number of hydrogen-bond acceptors (Lipinski definition) is 2. The van der Waals surface area contributed by atoms with Crippen molar-refractivity contribution >= 4 is 5.78 Å². The van der Waals surface area contributed by atoms with Gasteiger partial charge in [0, 0.05) is 12.3 Å². The van der Waals surface area contributed by atoms with Gasteiger partial charge in [-0.05, 0) is 48.1 Å². The summed E-state index contributed by atoms with van der Waals surface area (Å²) < 4.78 is 5.26. The van der Waals surface area contributed by atoms with Crippen molar-refractivity contribution in [2.75, 3.05) is 7.11 Å². The molecule has 1 saturated carbocycles. The van der Waals surface area contributed by atoms with Gasteiger partial charge in [-0.1, -0.05) is 36.4 Å². The number of carbonyl (C=O) groups excluding carboxylic acids is 1. The van der Waals surface area contributed by atoms with E-state index in [4.69, 9.17) is 4.74 Å². The van der Waals surface area contributed by atoms with Crippen LogP contribution in [-0.2, 0) is 16.6 Å². The Kier molecular flexibility index (Phi) is 3.07. The highest BCUT2D eigenvalue weighted by atomic mass is 16.5. The Hall–Kier alpha value is -2.09. The Morgan fingerprint density at radius 1 is 1.09 bits per heavy atom. The maximum atomic E-state index is 12.8. The molecule has 2 aromatic carbocycles. The topological polar surface area (TPSA) is 26.3 Å². The monoisotopic (exact) mass is 292 g/mol. The van der Waals surface area contributed by atoms with Crippen molar-refractivity contribution in [3.63, 3.8) is 0 Å². The molecular weight excluding hydrogens is 272 g/mol. The summed E-state index contributed by atoms with van der Waals surface area (Å²) >= 11 is 0. The van der Waals surface area contributed by atoms with Crippen molar-refractivity contribution in [3.05, 3.63) is 65.2 Å². The van der Waals surface area contributed by atoms with Crippen molar-refractivity contribution in [2.24, 2.45) is 0 Å². The molecule has 1 spiro atoms. The first-order chi connectivity index (χ1) is 10.8. The number of carbonyl (C=O) groups is 1. The average molecular weight is 292 g/mol. The lowest BCUT2D eigenvalue weighted by molar-refractivity contribution is -0.122. The zero-order valence-corrected chi connectivity index (χ0v) is 12.8. The van der Waals surface area contributed by atoms with Crippen LogP contribution in [0.25, 0.3) is 0 Å². The second-order valence-corrected chi connectivity index (χ2v) is 6.44. The van der Waals surface area contributed by atoms with Crippen molar-refractivity contribution in [1.29, 1.82) is 0 Å². The van der Waals surface area contributed by atoms with E-state index in [-0.39, 0.29) is 11.3 Å². The largest absolute Gasteiger partial charge is 0.497 e. The highest BCUT2D eigenvalue weighted by molar-refractivity contribution is 5.94. The van der Waals surface area contributed by atoms with Crippen LogP contribution in [0.3, 0.4) is 0 Å². The van der Waals surface area contributed by atoms with E-state index in [9.17, 15) is 4.79 Å². The molecule has 0 aromatic heterocycles. The summed E-state index contributed by atoms with van der Waals surface area (Å²) in [5, 5.41) is 0. The van der Waals surface area contributed by atoms with Crippen LogP contribution in [0.5, 0.6) is 5.75 Å². The fourth-order valence-corrected chi connectivity index (χ4v) is 4.50. The Balaban J connectivity index is 1.84. The van der Waals surface area contributed by atoms with E-state index in [1.54, 1.807) is 7.11 Å². The van der Waals surface area contributed by atoms with E-state index in [1.165, 1.54) is 16.7 Å². The minimum atomic E-state index is -0.287. The van der Waals surface area contributed by atoms with Crippen LogP contribution in [0.15, 0.2) is 48.5 Å². The molecule has 0 saturated heterocycles. The van der Waals surface area contributed by atoms with Gasteiger partial charge in [0.15, 0.2) is 0 Å². The summed E-state index contributed by atoms with van der Waals surface area (Å²) in [5.41, 5.74) is 3.59. The second-order valence-electron chi connectivity index (χ2n) is 6.44. The van der Waals surface area contributed by atoms with E-state index < -0.39 is 0 Å². The maximum absolute atomic E-state index is 12.8. The van der Waals surface area contributed by atoms with E-state index in [0.717, 1.165) is 31.4 Å². The molecule has 0 amide bonds. The van der Waals surface area contributed by atoms with Crippen LogP contribution in [0.1, 0.15) is 41.9 Å². The third-order valence-electron chi connectivity index (χ3n) is 5.51. The molecular formula is C20H20O2. The SMILES string of the molecule is COc1ccc([C@@H]2Cc3ccccc3[C@@]23CCCC3=O)cc1. The van der Waals surface area contributed by atoms with E-state index in [1.807, 2.05) is 12.1 Å².